The normalized spacial score (nSPS) is 26.6. The molecule has 7 rings (SSSR count). The molecule has 4 aliphatic rings. The van der Waals surface area contributed by atoms with Crippen molar-refractivity contribution < 1.29 is 46.9 Å². The molecule has 3 aromatic rings. The summed E-state index contributed by atoms with van der Waals surface area (Å²) in [5.74, 6) is -7.43. The molecule has 0 bridgehead atoms. The Labute approximate surface area is 311 Å². The third-order valence-corrected chi connectivity index (χ3v) is 11.5. The van der Waals surface area contributed by atoms with Gasteiger partial charge < -0.3 is 14.6 Å². The summed E-state index contributed by atoms with van der Waals surface area (Å²) in [7, 11) is 2.76. The number of amides is 4. The van der Waals surface area contributed by atoms with Gasteiger partial charge >= 0.3 is 6.18 Å². The van der Waals surface area contributed by atoms with Gasteiger partial charge in [-0.15, -0.1) is 0 Å². The molecule has 2 N–H and O–H groups in total. The van der Waals surface area contributed by atoms with E-state index in [0.717, 1.165) is 0 Å². The topological polar surface area (TPSA) is 138 Å². The maximum Gasteiger partial charge on any atom is 0.417 e. The Morgan fingerprint density at radius 1 is 1.00 bits per heavy atom. The van der Waals surface area contributed by atoms with E-state index in [4.69, 9.17) is 32.7 Å². The van der Waals surface area contributed by atoms with Crippen molar-refractivity contribution in [3.63, 3.8) is 0 Å². The lowest BCUT2D eigenvalue weighted by molar-refractivity contribution is -0.141. The number of nitrogens with zero attached hydrogens (tertiary/aromatic N) is 3. The van der Waals surface area contributed by atoms with Gasteiger partial charge in [0.05, 0.1) is 48.0 Å². The predicted octanol–water partition coefficient (Wildman–Crippen LogP) is 6.52. The second kappa shape index (κ2) is 13.2. The number of carbonyl (C=O) groups excluding carboxylic acids is 4. The summed E-state index contributed by atoms with van der Waals surface area (Å²) in [6.45, 7) is 2.07. The number of anilines is 1. The highest BCUT2D eigenvalue weighted by atomic mass is 35.5. The molecule has 0 spiro atoms. The molecule has 11 nitrogen and oxygen atoms in total. The van der Waals surface area contributed by atoms with Gasteiger partial charge in [0, 0.05) is 41.4 Å². The molecule has 3 heterocycles. The number of nitrogens with one attached hydrogen (secondary N) is 1. The van der Waals surface area contributed by atoms with E-state index < -0.39 is 69.4 Å². The van der Waals surface area contributed by atoms with Crippen molar-refractivity contribution in [2.45, 2.75) is 43.7 Å². The predicted molar refractivity (Wildman–Crippen MR) is 185 cm³/mol. The van der Waals surface area contributed by atoms with Gasteiger partial charge in [0.15, 0.2) is 5.82 Å². The van der Waals surface area contributed by atoms with Gasteiger partial charge in [0.1, 0.15) is 17.2 Å². The van der Waals surface area contributed by atoms with Gasteiger partial charge in [0.2, 0.25) is 11.8 Å². The zero-order chi connectivity index (χ0) is 38.1. The van der Waals surface area contributed by atoms with Crippen molar-refractivity contribution in [1.29, 1.82) is 0 Å². The molecule has 0 radical (unpaired) electrons. The molecule has 2 saturated heterocycles. The number of benzene rings is 2. The number of alkyl halides is 3. The smallest absolute Gasteiger partial charge is 0.417 e. The zero-order valence-electron chi connectivity index (χ0n) is 28.5. The number of hydrazine groups is 1. The first-order valence-corrected chi connectivity index (χ1v) is 17.6. The Morgan fingerprint density at radius 3 is 2.34 bits per heavy atom. The van der Waals surface area contributed by atoms with E-state index in [1.807, 2.05) is 13.0 Å². The van der Waals surface area contributed by atoms with Crippen molar-refractivity contribution in [1.82, 2.24) is 14.9 Å². The number of halogens is 5. The van der Waals surface area contributed by atoms with Crippen molar-refractivity contribution in [3.8, 4) is 17.2 Å². The molecule has 0 unspecified atom stereocenters. The average molecular weight is 774 g/mol. The summed E-state index contributed by atoms with van der Waals surface area (Å²) in [5, 5.41) is 12.3. The highest BCUT2D eigenvalue weighted by Gasteiger charge is 2.71. The van der Waals surface area contributed by atoms with E-state index in [2.05, 4.69) is 10.4 Å². The number of imide groups is 2. The van der Waals surface area contributed by atoms with Crippen LogP contribution in [0, 0.1) is 23.7 Å². The van der Waals surface area contributed by atoms with Crippen LogP contribution in [0.1, 0.15) is 48.8 Å². The third kappa shape index (κ3) is 5.51. The van der Waals surface area contributed by atoms with Crippen LogP contribution in [-0.2, 0) is 30.8 Å². The summed E-state index contributed by atoms with van der Waals surface area (Å²) in [6, 6.07) is 9.76. The zero-order valence-corrected chi connectivity index (χ0v) is 30.1. The van der Waals surface area contributed by atoms with Crippen LogP contribution in [0.5, 0.6) is 17.2 Å². The van der Waals surface area contributed by atoms with E-state index in [9.17, 15) is 32.7 Å². The standard InChI is InChI=1S/C37H33Cl2F3N4O7/c1-4-11-45-32(48)22-10-9-21-23(28(22)34(45)50)15-24-33(49)46(44-31-25(39)12-18(16-43-31)37(40,41)42)35(51)36(24,17-5-7-19(38)8-6-17)30(21)29-26(47)13-20(52-2)14-27(29)53-3/h5-9,12-14,16,22-24,28,30,47H,4,10-11,15H2,1-3H3,(H,43,44)/t22-,23+,24-,28-,30+,36+/m0/s1. The number of pyridine rings is 1. The first-order valence-electron chi connectivity index (χ1n) is 16.8. The number of phenolic OH excluding ortho intramolecular Hbond substituents is 1. The first kappa shape index (κ1) is 36.5. The highest BCUT2D eigenvalue weighted by molar-refractivity contribution is 6.33. The Balaban J connectivity index is 1.48. The number of carbonyl (C=O) groups is 4. The van der Waals surface area contributed by atoms with Crippen LogP contribution >= 0.6 is 23.2 Å². The first-order chi connectivity index (χ1) is 25.2. The SMILES string of the molecule is CCCN1C(=O)[C@H]2[C@H](CC=C3[C@H]2C[C@H]2C(=O)N(Nc4ncc(C(F)(F)F)cc4Cl)C(=O)[C@@]2(c2ccc(Cl)cc2)[C@H]3c2c(O)cc(OC)cc2OC)C1=O. The number of methoxy groups -OCH3 is 2. The van der Waals surface area contributed by atoms with Gasteiger partial charge in [-0.05, 0) is 48.9 Å². The van der Waals surface area contributed by atoms with Crippen molar-refractivity contribution in [2.24, 2.45) is 23.7 Å². The van der Waals surface area contributed by atoms with Crippen LogP contribution in [0.25, 0.3) is 0 Å². The Morgan fingerprint density at radius 2 is 1.72 bits per heavy atom. The summed E-state index contributed by atoms with van der Waals surface area (Å²) < 4.78 is 51.6. The molecule has 2 aromatic carbocycles. The number of ether oxygens (including phenoxy) is 2. The molecule has 1 saturated carbocycles. The number of likely N-dealkylation sites (tertiary alicyclic amines) is 1. The summed E-state index contributed by atoms with van der Waals surface area (Å²) in [6.07, 6.45) is -1.79. The number of hydrogen-bond acceptors (Lipinski definition) is 9. The van der Waals surface area contributed by atoms with Gasteiger partial charge in [-0.1, -0.05) is 53.9 Å². The number of hydrogen-bond donors (Lipinski definition) is 2. The Hall–Kier alpha value is -4.82. The van der Waals surface area contributed by atoms with Crippen LogP contribution in [-0.4, -0.2) is 64.4 Å². The molecule has 16 heteroatoms. The molecular weight excluding hydrogens is 740 g/mol. The maximum atomic E-state index is 15.3. The van der Waals surface area contributed by atoms with Crippen LogP contribution in [0.4, 0.5) is 19.0 Å². The van der Waals surface area contributed by atoms with E-state index in [-0.39, 0.29) is 54.0 Å². The number of aromatic hydroxyl groups is 1. The molecule has 2 aliphatic heterocycles. The minimum Gasteiger partial charge on any atom is -0.507 e. The van der Waals surface area contributed by atoms with E-state index in [1.165, 1.54) is 31.3 Å². The number of rotatable bonds is 8. The average Bonchev–Trinajstić information content (AvgIpc) is 3.49. The minimum absolute atomic E-state index is 0.0682. The van der Waals surface area contributed by atoms with Gasteiger partial charge in [0.25, 0.3) is 11.8 Å². The van der Waals surface area contributed by atoms with Crippen molar-refractivity contribution >= 4 is 52.6 Å². The van der Waals surface area contributed by atoms with Gasteiger partial charge in [-0.3, -0.25) is 29.5 Å². The molecule has 2 aliphatic carbocycles. The fourth-order valence-electron chi connectivity index (χ4n) is 8.77. The van der Waals surface area contributed by atoms with Crippen LogP contribution in [0.3, 0.4) is 0 Å². The Bertz CT molecular complexity index is 2080. The second-order valence-corrected chi connectivity index (χ2v) is 14.4. The third-order valence-electron chi connectivity index (χ3n) is 10.9. The molecule has 278 valence electrons. The maximum absolute atomic E-state index is 15.3. The molecule has 53 heavy (non-hydrogen) atoms. The lowest BCUT2D eigenvalue weighted by Gasteiger charge is -2.50. The van der Waals surface area contributed by atoms with Crippen LogP contribution in [0.15, 0.2) is 60.3 Å². The fraction of sp³-hybridized carbons (Fsp3) is 0.378. The summed E-state index contributed by atoms with van der Waals surface area (Å²) in [5.41, 5.74) is 0.576. The molecule has 6 atom stereocenters. The second-order valence-electron chi connectivity index (χ2n) is 13.5. The van der Waals surface area contributed by atoms with E-state index >= 15 is 4.79 Å². The number of allylic oxidation sites excluding steroid dienone is 2. The molecule has 4 amide bonds. The quantitative estimate of drug-likeness (QED) is 0.194. The summed E-state index contributed by atoms with van der Waals surface area (Å²) in [4.78, 5) is 62.8. The number of fused-ring (bicyclic) bond motifs is 4. The minimum atomic E-state index is -4.76. The largest absolute Gasteiger partial charge is 0.507 e. The summed E-state index contributed by atoms with van der Waals surface area (Å²) >= 11 is 12.6. The highest BCUT2D eigenvalue weighted by Crippen LogP contribution is 2.66. The van der Waals surface area contributed by atoms with Gasteiger partial charge in [-0.25, -0.2) is 4.98 Å². The molecular formula is C37H33Cl2F3N4O7. The molecule has 1 aromatic heterocycles. The van der Waals surface area contributed by atoms with Crippen molar-refractivity contribution in [2.75, 3.05) is 26.2 Å². The van der Waals surface area contributed by atoms with Crippen LogP contribution in [0.2, 0.25) is 10.0 Å². The van der Waals surface area contributed by atoms with E-state index in [1.54, 1.807) is 24.3 Å². The number of phenols is 1. The van der Waals surface area contributed by atoms with Gasteiger partial charge in [-0.2, -0.15) is 18.2 Å². The fourth-order valence-corrected chi connectivity index (χ4v) is 9.10. The molecule has 3 fully saturated rings. The van der Waals surface area contributed by atoms with E-state index in [0.29, 0.717) is 39.9 Å². The Kier molecular flexibility index (Phi) is 9.13. The van der Waals surface area contributed by atoms with Crippen molar-refractivity contribution in [3.05, 3.63) is 87.0 Å². The number of aromatic nitrogens is 1. The monoisotopic (exact) mass is 772 g/mol. The lowest BCUT2D eigenvalue weighted by atomic mass is 9.49. The van der Waals surface area contributed by atoms with Crippen LogP contribution < -0.4 is 14.9 Å². The lowest BCUT2D eigenvalue weighted by Crippen LogP contribution is -2.53.